The number of hydrogen-bond acceptors (Lipinski definition) is 6. The van der Waals surface area contributed by atoms with Crippen LogP contribution >= 0.6 is 11.8 Å². The van der Waals surface area contributed by atoms with Gasteiger partial charge in [-0.1, -0.05) is 0 Å². The van der Waals surface area contributed by atoms with Crippen LogP contribution in [-0.4, -0.2) is 46.6 Å². The third kappa shape index (κ3) is 1.93. The van der Waals surface area contributed by atoms with E-state index in [1.807, 2.05) is 6.08 Å². The number of aromatic nitrogens is 2. The molecule has 3 aliphatic rings. The Morgan fingerprint density at radius 2 is 2.30 bits per heavy atom. The van der Waals surface area contributed by atoms with Crippen molar-refractivity contribution in [3.05, 3.63) is 29.3 Å². The Morgan fingerprint density at radius 3 is 3.00 bits per heavy atom. The quantitative estimate of drug-likeness (QED) is 0.919. The minimum atomic E-state index is -0.0369. The van der Waals surface area contributed by atoms with Crippen molar-refractivity contribution in [3.63, 3.8) is 0 Å². The first-order valence-electron chi connectivity index (χ1n) is 6.67. The van der Waals surface area contributed by atoms with E-state index in [9.17, 15) is 0 Å². The van der Waals surface area contributed by atoms with Crippen molar-refractivity contribution in [2.24, 2.45) is 9.98 Å². The van der Waals surface area contributed by atoms with E-state index in [4.69, 9.17) is 9.47 Å². The number of H-pyrrole nitrogens is 1. The van der Waals surface area contributed by atoms with E-state index in [2.05, 4.69) is 20.2 Å². The third-order valence-corrected chi connectivity index (χ3v) is 4.38. The Hall–Kier alpha value is -1.76. The molecule has 0 radical (unpaired) electrons. The molecule has 1 unspecified atom stereocenters. The summed E-state index contributed by atoms with van der Waals surface area (Å²) in [5.41, 5.74) is 2.70. The summed E-state index contributed by atoms with van der Waals surface area (Å²) in [7, 11) is 0. The Morgan fingerprint density at radius 1 is 1.30 bits per heavy atom. The number of aliphatic imine (C=N–C) groups is 2. The number of nitrogens with zero attached hydrogens (tertiary/aromatic N) is 3. The Balaban J connectivity index is 1.78. The fourth-order valence-electron chi connectivity index (χ4n) is 2.50. The molecular formula is C13H14N4O2S. The normalized spacial score (nSPS) is 24.5. The van der Waals surface area contributed by atoms with Crippen LogP contribution in [-0.2, 0) is 9.47 Å². The summed E-state index contributed by atoms with van der Waals surface area (Å²) in [4.78, 5) is 8.94. The molecule has 4 heterocycles. The van der Waals surface area contributed by atoms with Gasteiger partial charge in [-0.05, 0) is 6.08 Å². The molecule has 7 heteroatoms. The van der Waals surface area contributed by atoms with Gasteiger partial charge in [-0.15, -0.1) is 11.8 Å². The number of hydrogen-bond donors (Lipinski definition) is 1. The molecule has 1 N–H and O–H groups in total. The molecule has 0 aliphatic carbocycles. The zero-order valence-electron chi connectivity index (χ0n) is 10.8. The van der Waals surface area contributed by atoms with Crippen molar-refractivity contribution in [3.8, 4) is 0 Å². The highest BCUT2D eigenvalue weighted by atomic mass is 32.2. The predicted molar refractivity (Wildman–Crippen MR) is 77.4 cm³/mol. The molecule has 3 aliphatic heterocycles. The maximum atomic E-state index is 5.65. The molecule has 0 amide bonds. The lowest BCUT2D eigenvalue weighted by atomic mass is 10.1. The van der Waals surface area contributed by atoms with Crippen LogP contribution in [0.4, 0.5) is 0 Å². The molecule has 1 aromatic rings. The number of rotatable bonds is 3. The van der Waals surface area contributed by atoms with Gasteiger partial charge >= 0.3 is 0 Å². The summed E-state index contributed by atoms with van der Waals surface area (Å²) in [6.45, 7) is 2.17. The lowest BCUT2D eigenvalue weighted by Gasteiger charge is -2.11. The fourth-order valence-corrected chi connectivity index (χ4v) is 3.34. The topological polar surface area (TPSA) is 71.9 Å². The maximum Gasteiger partial charge on any atom is 0.220 e. The molecule has 20 heavy (non-hydrogen) atoms. The molecule has 0 saturated carbocycles. The lowest BCUT2D eigenvalue weighted by Crippen LogP contribution is -2.11. The molecule has 0 bridgehead atoms. The molecule has 4 rings (SSSR count). The van der Waals surface area contributed by atoms with E-state index < -0.39 is 0 Å². The Bertz CT molecular complexity index is 612. The largest absolute Gasteiger partial charge is 0.492 e. The van der Waals surface area contributed by atoms with Gasteiger partial charge < -0.3 is 9.47 Å². The molecule has 0 fully saturated rings. The van der Waals surface area contributed by atoms with E-state index in [1.54, 1.807) is 18.0 Å². The summed E-state index contributed by atoms with van der Waals surface area (Å²) in [6, 6.07) is 0. The molecule has 0 spiro atoms. The Kier molecular flexibility index (Phi) is 2.99. The van der Waals surface area contributed by atoms with Crippen LogP contribution in [0.15, 0.2) is 22.3 Å². The van der Waals surface area contributed by atoms with Crippen LogP contribution in [0, 0.1) is 0 Å². The molecule has 1 aromatic heterocycles. The van der Waals surface area contributed by atoms with Crippen LogP contribution in [0.5, 0.6) is 0 Å². The second-order valence-corrected chi connectivity index (χ2v) is 5.75. The van der Waals surface area contributed by atoms with E-state index in [0.29, 0.717) is 19.0 Å². The molecule has 0 saturated heterocycles. The van der Waals surface area contributed by atoms with Crippen molar-refractivity contribution < 1.29 is 9.47 Å². The average Bonchev–Trinajstić information content (AvgIpc) is 3.23. The number of aromatic amines is 1. The first-order valence-corrected chi connectivity index (χ1v) is 7.66. The SMILES string of the molecule is C1=COC(c2[nH]nc(C3=NCCS3)c2C2=NCCO2)C1. The summed E-state index contributed by atoms with van der Waals surface area (Å²) in [5, 5.41) is 8.51. The second-order valence-electron chi connectivity index (χ2n) is 4.66. The van der Waals surface area contributed by atoms with E-state index in [0.717, 1.165) is 40.7 Å². The highest BCUT2D eigenvalue weighted by Gasteiger charge is 2.31. The third-order valence-electron chi connectivity index (χ3n) is 3.39. The number of ether oxygens (including phenoxy) is 2. The highest BCUT2D eigenvalue weighted by molar-refractivity contribution is 8.14. The fraction of sp³-hybridized carbons (Fsp3) is 0.462. The molecular weight excluding hydrogens is 276 g/mol. The molecule has 104 valence electrons. The zero-order valence-corrected chi connectivity index (χ0v) is 11.7. The van der Waals surface area contributed by atoms with Crippen molar-refractivity contribution >= 4 is 22.7 Å². The summed E-state index contributed by atoms with van der Waals surface area (Å²) >= 11 is 1.72. The van der Waals surface area contributed by atoms with E-state index in [-0.39, 0.29) is 6.10 Å². The summed E-state index contributed by atoms with van der Waals surface area (Å²) < 4.78 is 11.3. The van der Waals surface area contributed by atoms with Gasteiger partial charge in [0.15, 0.2) is 0 Å². The van der Waals surface area contributed by atoms with E-state index >= 15 is 0 Å². The van der Waals surface area contributed by atoms with Crippen LogP contribution < -0.4 is 0 Å². The first kappa shape index (κ1) is 12.0. The van der Waals surface area contributed by atoms with E-state index in [1.165, 1.54) is 0 Å². The van der Waals surface area contributed by atoms with Crippen LogP contribution in [0.2, 0.25) is 0 Å². The molecule has 6 nitrogen and oxygen atoms in total. The standard InChI is InChI=1S/C13H14N4O2S/c1-2-8(18-5-1)10-9(12-14-3-6-19-12)11(17-16-10)13-15-4-7-20-13/h1,5,8H,2-4,6-7H2,(H,16,17). The van der Waals surface area contributed by atoms with Crippen molar-refractivity contribution in [2.45, 2.75) is 12.5 Å². The first-order chi connectivity index (χ1) is 9.93. The highest BCUT2D eigenvalue weighted by Crippen LogP contribution is 2.32. The van der Waals surface area contributed by atoms with Crippen LogP contribution in [0.3, 0.4) is 0 Å². The Labute approximate surface area is 120 Å². The van der Waals surface area contributed by atoms with Gasteiger partial charge in [-0.2, -0.15) is 5.10 Å². The van der Waals surface area contributed by atoms with Crippen molar-refractivity contribution in [1.82, 2.24) is 10.2 Å². The van der Waals surface area contributed by atoms with Gasteiger partial charge in [-0.3, -0.25) is 10.1 Å². The average molecular weight is 290 g/mol. The van der Waals surface area contributed by atoms with Gasteiger partial charge in [0.25, 0.3) is 0 Å². The number of thioether (sulfide) groups is 1. The minimum Gasteiger partial charge on any atom is -0.492 e. The van der Waals surface area contributed by atoms with Crippen molar-refractivity contribution in [1.29, 1.82) is 0 Å². The zero-order chi connectivity index (χ0) is 13.4. The van der Waals surface area contributed by atoms with Gasteiger partial charge in [0.05, 0.1) is 24.1 Å². The smallest absolute Gasteiger partial charge is 0.220 e. The molecule has 1 atom stereocenters. The van der Waals surface area contributed by atoms with Gasteiger partial charge in [0, 0.05) is 18.7 Å². The van der Waals surface area contributed by atoms with Gasteiger partial charge in [0.2, 0.25) is 5.90 Å². The van der Waals surface area contributed by atoms with Gasteiger partial charge in [0.1, 0.15) is 23.4 Å². The minimum absolute atomic E-state index is 0.0369. The molecule has 0 aromatic carbocycles. The maximum absolute atomic E-state index is 5.65. The second kappa shape index (κ2) is 4.97. The summed E-state index contributed by atoms with van der Waals surface area (Å²) in [5.74, 6) is 1.67. The van der Waals surface area contributed by atoms with Crippen LogP contribution in [0.25, 0.3) is 0 Å². The monoisotopic (exact) mass is 290 g/mol. The predicted octanol–water partition coefficient (Wildman–Crippen LogP) is 1.66. The van der Waals surface area contributed by atoms with Crippen molar-refractivity contribution in [2.75, 3.05) is 25.4 Å². The summed E-state index contributed by atoms with van der Waals surface area (Å²) in [6.07, 6.45) is 4.54. The lowest BCUT2D eigenvalue weighted by molar-refractivity contribution is 0.168. The number of nitrogens with one attached hydrogen (secondary N) is 1. The van der Waals surface area contributed by atoms with Gasteiger partial charge in [-0.25, -0.2) is 4.99 Å². The van der Waals surface area contributed by atoms with Crippen LogP contribution in [0.1, 0.15) is 29.5 Å².